The number of piperidine rings is 1. The highest BCUT2D eigenvalue weighted by Crippen LogP contribution is 2.21. The van der Waals surface area contributed by atoms with Crippen molar-refractivity contribution < 1.29 is 0 Å². The lowest BCUT2D eigenvalue weighted by Gasteiger charge is -2.24. The fourth-order valence-corrected chi connectivity index (χ4v) is 2.84. The van der Waals surface area contributed by atoms with Gasteiger partial charge in [0.15, 0.2) is 0 Å². The first-order chi connectivity index (χ1) is 8.33. The maximum atomic E-state index is 3.52. The minimum Gasteiger partial charge on any atom is -0.316 e. The summed E-state index contributed by atoms with van der Waals surface area (Å²) in [4.78, 5) is 0. The number of rotatable bonds is 4. The van der Waals surface area contributed by atoms with Gasteiger partial charge in [-0.25, -0.2) is 0 Å². The Morgan fingerprint density at radius 1 is 1.18 bits per heavy atom. The molecule has 94 valence electrons. The molecule has 1 unspecified atom stereocenters. The first-order valence-corrected chi connectivity index (χ1v) is 7.14. The van der Waals surface area contributed by atoms with Crippen LogP contribution in [0.4, 0.5) is 0 Å². The fourth-order valence-electron chi connectivity index (χ4n) is 2.84. The molecule has 1 atom stereocenters. The van der Waals surface area contributed by atoms with Crippen LogP contribution in [0.25, 0.3) is 0 Å². The Balaban J connectivity index is 2.11. The van der Waals surface area contributed by atoms with Gasteiger partial charge in [-0.05, 0) is 67.8 Å². The second-order valence-corrected chi connectivity index (χ2v) is 5.23. The molecule has 1 N–H and O–H groups in total. The molecule has 0 bridgehead atoms. The van der Waals surface area contributed by atoms with E-state index in [0.717, 1.165) is 12.3 Å². The second kappa shape index (κ2) is 6.20. The Hall–Kier alpha value is -0.820. The largest absolute Gasteiger partial charge is 0.316 e. The van der Waals surface area contributed by atoms with Crippen molar-refractivity contribution >= 4 is 0 Å². The molecule has 0 spiro atoms. The molecule has 17 heavy (non-hydrogen) atoms. The molecule has 1 aliphatic heterocycles. The van der Waals surface area contributed by atoms with Gasteiger partial charge in [-0.2, -0.15) is 0 Å². The van der Waals surface area contributed by atoms with Crippen LogP contribution < -0.4 is 5.32 Å². The van der Waals surface area contributed by atoms with Crippen LogP contribution in [0.15, 0.2) is 18.2 Å². The van der Waals surface area contributed by atoms with E-state index in [9.17, 15) is 0 Å². The van der Waals surface area contributed by atoms with Crippen molar-refractivity contribution in [3.63, 3.8) is 0 Å². The van der Waals surface area contributed by atoms with Gasteiger partial charge in [-0.1, -0.05) is 32.0 Å². The van der Waals surface area contributed by atoms with Crippen molar-refractivity contribution in [3.05, 3.63) is 34.9 Å². The predicted molar refractivity (Wildman–Crippen MR) is 74.5 cm³/mol. The van der Waals surface area contributed by atoms with E-state index in [1.165, 1.54) is 44.3 Å². The van der Waals surface area contributed by atoms with Crippen LogP contribution in [0.5, 0.6) is 0 Å². The molecule has 1 heterocycles. The van der Waals surface area contributed by atoms with Crippen LogP contribution in [0.3, 0.4) is 0 Å². The molecule has 1 aromatic rings. The molecule has 1 aromatic carbocycles. The van der Waals surface area contributed by atoms with Gasteiger partial charge in [0.05, 0.1) is 0 Å². The molecule has 0 amide bonds. The minimum absolute atomic E-state index is 0.848. The number of aryl methyl sites for hydroxylation is 2. The molecule has 1 saturated heterocycles. The highest BCUT2D eigenvalue weighted by Gasteiger charge is 2.15. The van der Waals surface area contributed by atoms with Gasteiger partial charge in [0.1, 0.15) is 0 Å². The van der Waals surface area contributed by atoms with Crippen LogP contribution in [0, 0.1) is 5.92 Å². The third-order valence-corrected chi connectivity index (χ3v) is 3.97. The van der Waals surface area contributed by atoms with Gasteiger partial charge in [0.25, 0.3) is 0 Å². The quantitative estimate of drug-likeness (QED) is 0.838. The Kier molecular flexibility index (Phi) is 4.61. The van der Waals surface area contributed by atoms with E-state index in [-0.39, 0.29) is 0 Å². The van der Waals surface area contributed by atoms with E-state index >= 15 is 0 Å². The van der Waals surface area contributed by atoms with Crippen molar-refractivity contribution in [2.45, 2.75) is 46.0 Å². The second-order valence-electron chi connectivity index (χ2n) is 5.23. The summed E-state index contributed by atoms with van der Waals surface area (Å²) in [5.41, 5.74) is 4.63. The van der Waals surface area contributed by atoms with Crippen molar-refractivity contribution in [3.8, 4) is 0 Å². The summed E-state index contributed by atoms with van der Waals surface area (Å²) >= 11 is 0. The lowest BCUT2D eigenvalue weighted by molar-refractivity contribution is 0.375. The molecular weight excluding hydrogens is 206 g/mol. The van der Waals surface area contributed by atoms with Crippen LogP contribution in [-0.2, 0) is 19.3 Å². The molecule has 1 heteroatoms. The third-order valence-electron chi connectivity index (χ3n) is 3.97. The number of nitrogens with one attached hydrogen (secondary N) is 1. The number of hydrogen-bond acceptors (Lipinski definition) is 1. The van der Waals surface area contributed by atoms with Crippen LogP contribution in [0.2, 0.25) is 0 Å². The normalized spacial score (nSPS) is 20.5. The Bertz CT molecular complexity index is 351. The van der Waals surface area contributed by atoms with Crippen molar-refractivity contribution in [2.24, 2.45) is 5.92 Å². The standard InChI is InChI=1S/C16H25N/c1-3-13-7-8-15(4-2)16(10-13)11-14-6-5-9-17-12-14/h7-8,10,14,17H,3-6,9,11-12H2,1-2H3. The Labute approximate surface area is 106 Å². The fraction of sp³-hybridized carbons (Fsp3) is 0.625. The van der Waals surface area contributed by atoms with E-state index in [1.807, 2.05) is 0 Å². The molecule has 0 aliphatic carbocycles. The monoisotopic (exact) mass is 231 g/mol. The van der Waals surface area contributed by atoms with Crippen molar-refractivity contribution in [1.82, 2.24) is 5.32 Å². The first-order valence-electron chi connectivity index (χ1n) is 7.14. The van der Waals surface area contributed by atoms with Gasteiger partial charge in [0, 0.05) is 0 Å². The topological polar surface area (TPSA) is 12.0 Å². The number of hydrogen-bond donors (Lipinski definition) is 1. The Morgan fingerprint density at radius 2 is 2.06 bits per heavy atom. The highest BCUT2D eigenvalue weighted by molar-refractivity contribution is 5.32. The summed E-state index contributed by atoms with van der Waals surface area (Å²) in [6.45, 7) is 6.93. The average molecular weight is 231 g/mol. The minimum atomic E-state index is 0.848. The first kappa shape index (κ1) is 12.6. The third kappa shape index (κ3) is 3.32. The summed E-state index contributed by atoms with van der Waals surface area (Å²) in [6, 6.07) is 7.07. The zero-order chi connectivity index (χ0) is 12.1. The van der Waals surface area contributed by atoms with E-state index in [0.29, 0.717) is 0 Å². The highest BCUT2D eigenvalue weighted by atomic mass is 14.9. The summed E-state index contributed by atoms with van der Waals surface area (Å²) in [5.74, 6) is 0.848. The molecule has 0 aromatic heterocycles. The van der Waals surface area contributed by atoms with Crippen molar-refractivity contribution in [1.29, 1.82) is 0 Å². The molecule has 2 rings (SSSR count). The van der Waals surface area contributed by atoms with E-state index in [4.69, 9.17) is 0 Å². The summed E-state index contributed by atoms with van der Waals surface area (Å²) in [5, 5.41) is 3.52. The average Bonchev–Trinajstić information content (AvgIpc) is 2.40. The summed E-state index contributed by atoms with van der Waals surface area (Å²) < 4.78 is 0. The van der Waals surface area contributed by atoms with Gasteiger partial charge in [-0.15, -0.1) is 0 Å². The SMILES string of the molecule is CCc1ccc(CC)c(CC2CCCNC2)c1. The molecule has 0 radical (unpaired) electrons. The molecule has 1 fully saturated rings. The maximum Gasteiger partial charge on any atom is -0.00173 e. The lowest BCUT2D eigenvalue weighted by atomic mass is 9.88. The van der Waals surface area contributed by atoms with Gasteiger partial charge in [0.2, 0.25) is 0 Å². The molecular formula is C16H25N. The maximum absolute atomic E-state index is 3.52. The zero-order valence-electron chi connectivity index (χ0n) is 11.3. The van der Waals surface area contributed by atoms with Crippen LogP contribution in [-0.4, -0.2) is 13.1 Å². The molecule has 1 aliphatic rings. The summed E-state index contributed by atoms with van der Waals surface area (Å²) in [7, 11) is 0. The van der Waals surface area contributed by atoms with E-state index in [1.54, 1.807) is 11.1 Å². The summed E-state index contributed by atoms with van der Waals surface area (Å²) in [6.07, 6.45) is 6.33. The lowest BCUT2D eigenvalue weighted by Crippen LogP contribution is -2.31. The van der Waals surface area contributed by atoms with Crippen LogP contribution in [0.1, 0.15) is 43.4 Å². The van der Waals surface area contributed by atoms with Gasteiger partial charge >= 0.3 is 0 Å². The van der Waals surface area contributed by atoms with Crippen molar-refractivity contribution in [2.75, 3.05) is 13.1 Å². The van der Waals surface area contributed by atoms with Crippen LogP contribution >= 0.6 is 0 Å². The van der Waals surface area contributed by atoms with Gasteiger partial charge < -0.3 is 5.32 Å². The Morgan fingerprint density at radius 3 is 2.71 bits per heavy atom. The molecule has 0 saturated carbocycles. The predicted octanol–water partition coefficient (Wildman–Crippen LogP) is 3.35. The van der Waals surface area contributed by atoms with E-state index < -0.39 is 0 Å². The zero-order valence-corrected chi connectivity index (χ0v) is 11.3. The number of benzene rings is 1. The molecule has 1 nitrogen and oxygen atoms in total. The smallest absolute Gasteiger partial charge is 0.00173 e. The van der Waals surface area contributed by atoms with Gasteiger partial charge in [-0.3, -0.25) is 0 Å². The van der Waals surface area contributed by atoms with E-state index in [2.05, 4.69) is 37.4 Å².